The average molecular weight is 233 g/mol. The SMILES string of the molecule is Cc1cccc(-c2cc(C)nc3ccccc23)c1. The van der Waals surface area contributed by atoms with E-state index in [4.69, 9.17) is 0 Å². The fourth-order valence-electron chi connectivity index (χ4n) is 2.36. The van der Waals surface area contributed by atoms with Gasteiger partial charge < -0.3 is 0 Å². The van der Waals surface area contributed by atoms with E-state index in [1.54, 1.807) is 0 Å². The molecule has 1 nitrogen and oxygen atoms in total. The van der Waals surface area contributed by atoms with E-state index in [9.17, 15) is 0 Å². The zero-order valence-corrected chi connectivity index (χ0v) is 10.6. The number of benzene rings is 2. The number of para-hydroxylation sites is 1. The van der Waals surface area contributed by atoms with E-state index < -0.39 is 0 Å². The number of pyridine rings is 1. The van der Waals surface area contributed by atoms with Crippen LogP contribution < -0.4 is 0 Å². The van der Waals surface area contributed by atoms with Crippen LogP contribution in [0.3, 0.4) is 0 Å². The monoisotopic (exact) mass is 233 g/mol. The number of aryl methyl sites for hydroxylation is 2. The Bertz CT molecular complexity index is 714. The highest BCUT2D eigenvalue weighted by Crippen LogP contribution is 2.28. The van der Waals surface area contributed by atoms with E-state index in [0.717, 1.165) is 11.2 Å². The zero-order valence-electron chi connectivity index (χ0n) is 10.6. The maximum absolute atomic E-state index is 4.58. The van der Waals surface area contributed by atoms with Crippen LogP contribution in [0.5, 0.6) is 0 Å². The molecule has 0 unspecified atom stereocenters. The van der Waals surface area contributed by atoms with E-state index in [-0.39, 0.29) is 0 Å². The first-order valence-electron chi connectivity index (χ1n) is 6.17. The number of aromatic nitrogens is 1. The Hall–Kier alpha value is -2.15. The third kappa shape index (κ3) is 1.88. The number of nitrogens with zero attached hydrogens (tertiary/aromatic N) is 1. The predicted molar refractivity (Wildman–Crippen MR) is 76.7 cm³/mol. The van der Waals surface area contributed by atoms with Crippen molar-refractivity contribution in [2.45, 2.75) is 13.8 Å². The molecule has 0 aliphatic rings. The Morgan fingerprint density at radius 2 is 1.67 bits per heavy atom. The minimum Gasteiger partial charge on any atom is -0.253 e. The molecule has 0 fully saturated rings. The van der Waals surface area contributed by atoms with Crippen molar-refractivity contribution < 1.29 is 0 Å². The molecule has 0 bridgehead atoms. The first-order valence-corrected chi connectivity index (χ1v) is 6.17. The van der Waals surface area contributed by atoms with E-state index in [1.165, 1.54) is 22.1 Å². The zero-order chi connectivity index (χ0) is 12.5. The minimum absolute atomic E-state index is 1.06. The van der Waals surface area contributed by atoms with Gasteiger partial charge in [0.2, 0.25) is 0 Å². The summed E-state index contributed by atoms with van der Waals surface area (Å²) in [6, 6.07) is 19.1. The van der Waals surface area contributed by atoms with Crippen LogP contribution in [-0.2, 0) is 0 Å². The lowest BCUT2D eigenvalue weighted by Crippen LogP contribution is -1.88. The summed E-state index contributed by atoms with van der Waals surface area (Å²) in [5.41, 5.74) is 5.93. The van der Waals surface area contributed by atoms with Gasteiger partial charge in [-0.25, -0.2) is 0 Å². The van der Waals surface area contributed by atoms with Crippen molar-refractivity contribution in [3.05, 3.63) is 65.9 Å². The first kappa shape index (κ1) is 11.0. The second-order valence-electron chi connectivity index (χ2n) is 4.70. The van der Waals surface area contributed by atoms with Gasteiger partial charge in [0.05, 0.1) is 5.52 Å². The Morgan fingerprint density at radius 1 is 0.833 bits per heavy atom. The van der Waals surface area contributed by atoms with E-state index in [1.807, 2.05) is 13.0 Å². The number of hydrogen-bond donors (Lipinski definition) is 0. The van der Waals surface area contributed by atoms with E-state index in [2.05, 4.69) is 60.4 Å². The van der Waals surface area contributed by atoms with Crippen LogP contribution in [0.25, 0.3) is 22.0 Å². The van der Waals surface area contributed by atoms with Gasteiger partial charge in [0, 0.05) is 11.1 Å². The fraction of sp³-hybridized carbons (Fsp3) is 0.118. The van der Waals surface area contributed by atoms with Crippen molar-refractivity contribution in [2.75, 3.05) is 0 Å². The number of hydrogen-bond acceptors (Lipinski definition) is 1. The molecule has 18 heavy (non-hydrogen) atoms. The summed E-state index contributed by atoms with van der Waals surface area (Å²) in [4.78, 5) is 4.58. The normalized spacial score (nSPS) is 10.8. The highest BCUT2D eigenvalue weighted by molar-refractivity contribution is 5.94. The molecule has 0 amide bonds. The maximum Gasteiger partial charge on any atom is 0.0711 e. The average Bonchev–Trinajstić information content (AvgIpc) is 2.37. The third-order valence-electron chi connectivity index (χ3n) is 3.17. The molecule has 0 saturated heterocycles. The summed E-state index contributed by atoms with van der Waals surface area (Å²) in [6.45, 7) is 4.17. The van der Waals surface area contributed by atoms with Gasteiger partial charge in [-0.15, -0.1) is 0 Å². The lowest BCUT2D eigenvalue weighted by Gasteiger charge is -2.08. The van der Waals surface area contributed by atoms with Gasteiger partial charge in [-0.05, 0) is 37.1 Å². The molecule has 2 aromatic carbocycles. The molecule has 0 spiro atoms. The predicted octanol–water partition coefficient (Wildman–Crippen LogP) is 4.52. The summed E-state index contributed by atoms with van der Waals surface area (Å²) >= 11 is 0. The molecule has 0 aliphatic heterocycles. The molecule has 1 heterocycles. The van der Waals surface area contributed by atoms with Crippen molar-refractivity contribution in [3.8, 4) is 11.1 Å². The maximum atomic E-state index is 4.58. The molecule has 0 saturated carbocycles. The third-order valence-corrected chi connectivity index (χ3v) is 3.17. The van der Waals surface area contributed by atoms with Crippen LogP contribution in [0.2, 0.25) is 0 Å². The smallest absolute Gasteiger partial charge is 0.0711 e. The molecule has 3 rings (SSSR count). The highest BCUT2D eigenvalue weighted by Gasteiger charge is 2.05. The summed E-state index contributed by atoms with van der Waals surface area (Å²) in [5, 5.41) is 1.22. The molecule has 88 valence electrons. The highest BCUT2D eigenvalue weighted by atomic mass is 14.7. The second kappa shape index (κ2) is 4.26. The van der Waals surface area contributed by atoms with Crippen LogP contribution in [-0.4, -0.2) is 4.98 Å². The molecule has 0 radical (unpaired) electrons. The van der Waals surface area contributed by atoms with Crippen molar-refractivity contribution in [1.29, 1.82) is 0 Å². The van der Waals surface area contributed by atoms with Gasteiger partial charge in [0.1, 0.15) is 0 Å². The summed E-state index contributed by atoms with van der Waals surface area (Å²) in [6.07, 6.45) is 0. The van der Waals surface area contributed by atoms with Crippen LogP contribution in [0, 0.1) is 13.8 Å². The Labute approximate surface area is 107 Å². The molecule has 0 atom stereocenters. The van der Waals surface area contributed by atoms with Gasteiger partial charge in [-0.3, -0.25) is 4.98 Å². The van der Waals surface area contributed by atoms with Crippen LogP contribution in [0.4, 0.5) is 0 Å². The van der Waals surface area contributed by atoms with Gasteiger partial charge in [-0.1, -0.05) is 48.0 Å². The molecule has 0 N–H and O–H groups in total. The number of fused-ring (bicyclic) bond motifs is 1. The van der Waals surface area contributed by atoms with Gasteiger partial charge in [0.15, 0.2) is 0 Å². The largest absolute Gasteiger partial charge is 0.253 e. The quantitative estimate of drug-likeness (QED) is 0.602. The second-order valence-corrected chi connectivity index (χ2v) is 4.70. The summed E-state index contributed by atoms with van der Waals surface area (Å²) in [7, 11) is 0. The summed E-state index contributed by atoms with van der Waals surface area (Å²) in [5.74, 6) is 0. The fourth-order valence-corrected chi connectivity index (χ4v) is 2.36. The van der Waals surface area contributed by atoms with Gasteiger partial charge in [0.25, 0.3) is 0 Å². The molecular formula is C17H15N. The van der Waals surface area contributed by atoms with E-state index >= 15 is 0 Å². The molecule has 3 aromatic rings. The molecule has 1 aromatic heterocycles. The first-order chi connectivity index (χ1) is 8.74. The molecule has 0 aliphatic carbocycles. The minimum atomic E-state index is 1.06. The van der Waals surface area contributed by atoms with Crippen molar-refractivity contribution in [1.82, 2.24) is 4.98 Å². The lowest BCUT2D eigenvalue weighted by atomic mass is 9.99. The summed E-state index contributed by atoms with van der Waals surface area (Å²) < 4.78 is 0. The van der Waals surface area contributed by atoms with Gasteiger partial charge in [-0.2, -0.15) is 0 Å². The van der Waals surface area contributed by atoms with Crippen molar-refractivity contribution in [3.63, 3.8) is 0 Å². The molecule has 1 heteroatoms. The molecular weight excluding hydrogens is 218 g/mol. The van der Waals surface area contributed by atoms with Crippen LogP contribution in [0.1, 0.15) is 11.3 Å². The van der Waals surface area contributed by atoms with Crippen molar-refractivity contribution >= 4 is 10.9 Å². The van der Waals surface area contributed by atoms with Crippen molar-refractivity contribution in [2.24, 2.45) is 0 Å². The standard InChI is InChI=1S/C17H15N/c1-12-6-5-7-14(10-12)16-11-13(2)18-17-9-4-3-8-15(16)17/h3-11H,1-2H3. The van der Waals surface area contributed by atoms with Crippen LogP contribution in [0.15, 0.2) is 54.6 Å². The van der Waals surface area contributed by atoms with E-state index in [0.29, 0.717) is 0 Å². The lowest BCUT2D eigenvalue weighted by molar-refractivity contribution is 1.26. The van der Waals surface area contributed by atoms with Crippen LogP contribution >= 0.6 is 0 Å². The Balaban J connectivity index is 2.34. The Kier molecular flexibility index (Phi) is 2.60. The number of rotatable bonds is 1. The Morgan fingerprint density at radius 3 is 2.50 bits per heavy atom. The topological polar surface area (TPSA) is 12.9 Å². The van der Waals surface area contributed by atoms with Gasteiger partial charge >= 0.3 is 0 Å².